The highest BCUT2D eigenvalue weighted by Crippen LogP contribution is 2.30. The molecule has 30 heavy (non-hydrogen) atoms. The van der Waals surface area contributed by atoms with Gasteiger partial charge in [0.1, 0.15) is 5.82 Å². The maximum atomic E-state index is 12.7. The number of halogens is 2. The van der Waals surface area contributed by atoms with Gasteiger partial charge in [-0.25, -0.2) is 9.48 Å². The van der Waals surface area contributed by atoms with Crippen LogP contribution in [0, 0.1) is 0 Å². The summed E-state index contributed by atoms with van der Waals surface area (Å²) in [4.78, 5) is 12.7. The Morgan fingerprint density at radius 3 is 2.53 bits per heavy atom. The van der Waals surface area contributed by atoms with Crippen LogP contribution < -0.4 is 16.4 Å². The number of carbonyl (C=O) groups excluding carboxylic acids is 1. The van der Waals surface area contributed by atoms with Crippen molar-refractivity contribution in [3.8, 4) is 5.69 Å². The lowest BCUT2D eigenvalue weighted by atomic mass is 9.92. The fourth-order valence-electron chi connectivity index (χ4n) is 2.91. The Labute approximate surface area is 186 Å². The average molecular weight is 446 g/mol. The number of nitrogens with one attached hydrogen (secondary N) is 2. The Bertz CT molecular complexity index is 1060. The first-order chi connectivity index (χ1) is 14.2. The van der Waals surface area contributed by atoms with Crippen LogP contribution in [-0.4, -0.2) is 22.4 Å². The molecule has 1 heterocycles. The monoisotopic (exact) mass is 445 g/mol. The van der Waals surface area contributed by atoms with Gasteiger partial charge in [0.15, 0.2) is 0 Å². The summed E-state index contributed by atoms with van der Waals surface area (Å²) >= 11 is 12.2. The number of rotatable bonds is 5. The summed E-state index contributed by atoms with van der Waals surface area (Å²) in [5.74, 6) is 0.542. The van der Waals surface area contributed by atoms with E-state index in [0.717, 1.165) is 23.4 Å². The molecule has 4 N–H and O–H groups in total. The van der Waals surface area contributed by atoms with Crippen LogP contribution in [0.15, 0.2) is 48.5 Å². The van der Waals surface area contributed by atoms with Crippen molar-refractivity contribution >= 4 is 40.7 Å². The number of anilines is 2. The normalized spacial score (nSPS) is 11.4. The third-order valence-corrected chi connectivity index (χ3v) is 5.33. The molecule has 3 aromatic rings. The van der Waals surface area contributed by atoms with Crippen LogP contribution in [0.1, 0.15) is 32.0 Å². The molecular formula is C22H25Cl2N5O. The minimum Gasteiger partial charge on any atom is -0.330 e. The van der Waals surface area contributed by atoms with E-state index in [1.807, 2.05) is 30.3 Å². The molecule has 2 aromatic carbocycles. The third kappa shape index (κ3) is 5.14. The van der Waals surface area contributed by atoms with Crippen LogP contribution in [0.5, 0.6) is 0 Å². The summed E-state index contributed by atoms with van der Waals surface area (Å²) < 4.78 is 1.72. The smallest absolute Gasteiger partial charge is 0.324 e. The quantitative estimate of drug-likeness (QED) is 0.476. The van der Waals surface area contributed by atoms with Crippen LogP contribution in [-0.2, 0) is 11.8 Å². The van der Waals surface area contributed by atoms with E-state index in [1.54, 1.807) is 22.9 Å². The van der Waals surface area contributed by atoms with Crippen molar-refractivity contribution in [2.45, 2.75) is 32.6 Å². The summed E-state index contributed by atoms with van der Waals surface area (Å²) in [6.45, 7) is 6.77. The van der Waals surface area contributed by atoms with Gasteiger partial charge in [0, 0.05) is 11.5 Å². The zero-order chi connectivity index (χ0) is 21.9. The molecule has 0 unspecified atom stereocenters. The number of hydrogen-bond acceptors (Lipinski definition) is 3. The zero-order valence-electron chi connectivity index (χ0n) is 17.2. The number of aromatic nitrogens is 2. The van der Waals surface area contributed by atoms with Crippen molar-refractivity contribution in [3.05, 3.63) is 69.8 Å². The second-order valence-electron chi connectivity index (χ2n) is 7.97. The molecule has 8 heteroatoms. The Morgan fingerprint density at radius 1 is 1.10 bits per heavy atom. The number of hydrogen-bond donors (Lipinski definition) is 3. The van der Waals surface area contributed by atoms with E-state index in [0.29, 0.717) is 23.1 Å². The van der Waals surface area contributed by atoms with Gasteiger partial charge in [-0.05, 0) is 42.8 Å². The van der Waals surface area contributed by atoms with Crippen molar-refractivity contribution in [3.63, 3.8) is 0 Å². The molecule has 3 rings (SSSR count). The fraction of sp³-hybridized carbons (Fsp3) is 0.273. The maximum absolute atomic E-state index is 12.7. The van der Waals surface area contributed by atoms with E-state index in [2.05, 4.69) is 31.4 Å². The van der Waals surface area contributed by atoms with Crippen molar-refractivity contribution in [2.75, 3.05) is 17.2 Å². The van der Waals surface area contributed by atoms with Gasteiger partial charge in [-0.3, -0.25) is 5.32 Å². The van der Waals surface area contributed by atoms with Gasteiger partial charge in [-0.2, -0.15) is 5.10 Å². The standard InChI is InChI=1S/C22H25Cl2N5O/c1-22(2,3)18-13-19(27-21(30)26-17-9-5-8-16(23)20(17)24)29(28-18)15-7-4-6-14(12-15)10-11-25/h4-9,12-13H,10-11,25H2,1-3H3,(H2,26,27,30). The number of nitrogens with zero attached hydrogens (tertiary/aromatic N) is 2. The summed E-state index contributed by atoms with van der Waals surface area (Å²) in [5.41, 5.74) is 8.72. The highest BCUT2D eigenvalue weighted by atomic mass is 35.5. The van der Waals surface area contributed by atoms with Crippen LogP contribution >= 0.6 is 23.2 Å². The van der Waals surface area contributed by atoms with Crippen molar-refractivity contribution in [2.24, 2.45) is 5.73 Å². The summed E-state index contributed by atoms with van der Waals surface area (Å²) in [7, 11) is 0. The third-order valence-electron chi connectivity index (χ3n) is 4.51. The molecule has 0 spiro atoms. The first-order valence-electron chi connectivity index (χ1n) is 9.61. The summed E-state index contributed by atoms with van der Waals surface area (Å²) in [5, 5.41) is 11.0. The highest BCUT2D eigenvalue weighted by Gasteiger charge is 2.22. The molecule has 0 fully saturated rings. The van der Waals surface area contributed by atoms with E-state index in [9.17, 15) is 4.79 Å². The van der Waals surface area contributed by atoms with Crippen molar-refractivity contribution in [1.82, 2.24) is 9.78 Å². The van der Waals surface area contributed by atoms with Crippen LogP contribution in [0.3, 0.4) is 0 Å². The average Bonchev–Trinajstić information content (AvgIpc) is 3.10. The number of carbonyl (C=O) groups is 1. The molecule has 0 radical (unpaired) electrons. The van der Waals surface area contributed by atoms with E-state index < -0.39 is 6.03 Å². The molecule has 0 aliphatic heterocycles. The van der Waals surface area contributed by atoms with E-state index in [4.69, 9.17) is 34.0 Å². The Kier molecular flexibility index (Phi) is 6.71. The zero-order valence-corrected chi connectivity index (χ0v) is 18.7. The van der Waals surface area contributed by atoms with Gasteiger partial charge in [0.05, 0.1) is 27.1 Å². The van der Waals surface area contributed by atoms with Crippen LogP contribution in [0.4, 0.5) is 16.3 Å². The van der Waals surface area contributed by atoms with Gasteiger partial charge in [0.2, 0.25) is 0 Å². The van der Waals surface area contributed by atoms with E-state index >= 15 is 0 Å². The molecule has 2 amide bonds. The van der Waals surface area contributed by atoms with Crippen LogP contribution in [0.25, 0.3) is 5.69 Å². The van der Waals surface area contributed by atoms with Crippen molar-refractivity contribution in [1.29, 1.82) is 0 Å². The summed E-state index contributed by atoms with van der Waals surface area (Å²) in [6.07, 6.45) is 0.762. The Balaban J connectivity index is 1.93. The Hall–Kier alpha value is -2.54. The van der Waals surface area contributed by atoms with Gasteiger partial charge >= 0.3 is 6.03 Å². The molecule has 1 aromatic heterocycles. The molecular weight excluding hydrogens is 421 g/mol. The minimum atomic E-state index is -0.445. The number of nitrogens with two attached hydrogens (primary N) is 1. The molecule has 0 atom stereocenters. The molecule has 0 saturated heterocycles. The topological polar surface area (TPSA) is 85.0 Å². The largest absolute Gasteiger partial charge is 0.330 e. The van der Waals surface area contributed by atoms with Crippen LogP contribution in [0.2, 0.25) is 10.0 Å². The number of amides is 2. The minimum absolute atomic E-state index is 0.191. The molecule has 0 saturated carbocycles. The second-order valence-corrected chi connectivity index (χ2v) is 8.75. The van der Waals surface area contributed by atoms with E-state index in [1.165, 1.54) is 0 Å². The lowest BCUT2D eigenvalue weighted by Gasteiger charge is -2.14. The van der Waals surface area contributed by atoms with Gasteiger partial charge in [-0.15, -0.1) is 0 Å². The van der Waals surface area contributed by atoms with Gasteiger partial charge < -0.3 is 11.1 Å². The predicted molar refractivity (Wildman–Crippen MR) is 124 cm³/mol. The Morgan fingerprint density at radius 2 is 1.83 bits per heavy atom. The maximum Gasteiger partial charge on any atom is 0.324 e. The molecule has 158 valence electrons. The lowest BCUT2D eigenvalue weighted by Crippen LogP contribution is -2.21. The fourth-order valence-corrected chi connectivity index (χ4v) is 3.26. The first-order valence-corrected chi connectivity index (χ1v) is 10.4. The summed E-state index contributed by atoms with van der Waals surface area (Å²) in [6, 6.07) is 14.4. The number of urea groups is 1. The molecule has 6 nitrogen and oxygen atoms in total. The predicted octanol–water partition coefficient (Wildman–Crippen LogP) is 5.62. The van der Waals surface area contributed by atoms with Gasteiger partial charge in [0.25, 0.3) is 0 Å². The van der Waals surface area contributed by atoms with Crippen molar-refractivity contribution < 1.29 is 4.79 Å². The molecule has 0 aliphatic carbocycles. The second kappa shape index (κ2) is 9.08. The van der Waals surface area contributed by atoms with E-state index in [-0.39, 0.29) is 10.4 Å². The molecule has 0 bridgehead atoms. The number of benzene rings is 2. The first kappa shape index (κ1) is 22.2. The van der Waals surface area contributed by atoms with Gasteiger partial charge in [-0.1, -0.05) is 62.2 Å². The molecule has 0 aliphatic rings. The SMILES string of the molecule is CC(C)(C)c1cc(NC(=O)Nc2cccc(Cl)c2Cl)n(-c2cccc(CCN)c2)n1. The lowest BCUT2D eigenvalue weighted by molar-refractivity contribution is 0.262. The highest BCUT2D eigenvalue weighted by molar-refractivity contribution is 6.44.